The minimum Gasteiger partial charge on any atom is -0.464 e. The molecule has 13 nitrogen and oxygen atoms in total. The zero-order valence-corrected chi connectivity index (χ0v) is 29.5. The molecule has 2 atom stereocenters. The molecule has 0 radical (unpaired) electrons. The maximum Gasteiger partial charge on any atom is 0.408 e. The number of rotatable bonds is 21. The highest BCUT2D eigenvalue weighted by Gasteiger charge is 2.29. The quantitative estimate of drug-likeness (QED) is 0.0756. The molecule has 2 rings (SSSR count). The molecule has 0 bridgehead atoms. The number of unbranched alkanes of at least 4 members (excludes halogenated alkanes) is 1. The summed E-state index contributed by atoms with van der Waals surface area (Å²) in [5, 5.41) is 7.90. The molecule has 0 saturated carbocycles. The fourth-order valence-electron chi connectivity index (χ4n) is 4.28. The van der Waals surface area contributed by atoms with Gasteiger partial charge in [-0.25, -0.2) is 4.79 Å². The first-order chi connectivity index (χ1) is 24.0. The maximum absolute atomic E-state index is 13.5. The maximum atomic E-state index is 13.5. The van der Waals surface area contributed by atoms with Gasteiger partial charge in [0.25, 0.3) is 0 Å². The van der Waals surface area contributed by atoms with Gasteiger partial charge in [-0.05, 0) is 51.2 Å². The lowest BCUT2D eigenvalue weighted by atomic mass is 10.1. The third kappa shape index (κ3) is 19.1. The lowest BCUT2D eigenvalue weighted by Gasteiger charge is -2.25. The molecular weight excluding hydrogens is 642 g/mol. The number of nitrogens with one attached hydrogen (secondary N) is 3. The summed E-state index contributed by atoms with van der Waals surface area (Å²) < 4.78 is 15.8. The van der Waals surface area contributed by atoms with E-state index in [2.05, 4.69) is 25.9 Å². The molecule has 13 heteroatoms. The van der Waals surface area contributed by atoms with E-state index in [0.717, 1.165) is 24.0 Å². The topological polar surface area (TPSA) is 174 Å². The largest absolute Gasteiger partial charge is 0.464 e. The van der Waals surface area contributed by atoms with Gasteiger partial charge in [-0.15, -0.1) is 0 Å². The number of ether oxygens (including phenoxy) is 3. The minimum atomic E-state index is -1.24. The Morgan fingerprint density at radius 3 is 1.66 bits per heavy atom. The van der Waals surface area contributed by atoms with Crippen molar-refractivity contribution >= 4 is 42.3 Å². The van der Waals surface area contributed by atoms with Crippen LogP contribution in [0.2, 0.25) is 0 Å². The van der Waals surface area contributed by atoms with Crippen LogP contribution >= 0.6 is 0 Å². The van der Waals surface area contributed by atoms with Crippen molar-refractivity contribution in [2.24, 2.45) is 9.98 Å². The standard InChI is InChI=1S/C37H51N5O8/c1-5-6-21-40-34(45)30(17-19-32(43)48-24-22-38-26-28-13-9-7-10-14-28)41-35(46)31(42-36(47)50-37(2,3)4)18-20-33(44)49-25-23-39-27-29-15-11-8-12-16-29/h7-16,26-27,30-31H,5-6,17-25H2,1-4H3,(H,40,45)(H,41,46)(H,42,47)/t30-,31-/m0/s1. The van der Waals surface area contributed by atoms with Crippen LogP contribution in [0, 0.1) is 0 Å². The highest BCUT2D eigenvalue weighted by molar-refractivity contribution is 5.92. The highest BCUT2D eigenvalue weighted by Crippen LogP contribution is 2.10. The minimum absolute atomic E-state index is 0.0357. The summed E-state index contributed by atoms with van der Waals surface area (Å²) in [6.07, 6.45) is 3.50. The fraction of sp³-hybridized carbons (Fsp3) is 0.486. The molecule has 50 heavy (non-hydrogen) atoms. The van der Waals surface area contributed by atoms with Crippen LogP contribution in [-0.2, 0) is 33.4 Å². The van der Waals surface area contributed by atoms with E-state index in [9.17, 15) is 24.0 Å². The van der Waals surface area contributed by atoms with Crippen molar-refractivity contribution in [2.75, 3.05) is 32.8 Å². The second kappa shape index (κ2) is 23.3. The molecule has 2 aromatic carbocycles. The number of benzene rings is 2. The summed E-state index contributed by atoms with van der Waals surface area (Å²) in [6.45, 7) is 7.97. The Kier molecular flexibility index (Phi) is 19.2. The van der Waals surface area contributed by atoms with Crippen molar-refractivity contribution in [3.63, 3.8) is 0 Å². The van der Waals surface area contributed by atoms with E-state index in [1.165, 1.54) is 0 Å². The molecule has 3 amide bonds. The first kappa shape index (κ1) is 41.1. The lowest BCUT2D eigenvalue weighted by Crippen LogP contribution is -2.54. The number of esters is 2. The SMILES string of the molecule is CCCCNC(=O)[C@H](CCC(=O)OCCN=Cc1ccccc1)NC(=O)[C@H](CCC(=O)OCCN=Cc1ccccc1)NC(=O)OC(C)(C)C. The Bertz CT molecular complexity index is 1390. The molecule has 0 aliphatic rings. The molecule has 0 aliphatic heterocycles. The van der Waals surface area contributed by atoms with Gasteiger partial charge in [-0.3, -0.25) is 29.2 Å². The molecule has 0 aliphatic carbocycles. The number of aliphatic imine (C=N–C) groups is 2. The molecule has 0 unspecified atom stereocenters. The van der Waals surface area contributed by atoms with E-state index in [-0.39, 0.29) is 52.0 Å². The number of hydrogen-bond acceptors (Lipinski definition) is 10. The number of carbonyl (C=O) groups is 5. The predicted molar refractivity (Wildman–Crippen MR) is 191 cm³/mol. The smallest absolute Gasteiger partial charge is 0.408 e. The zero-order valence-electron chi connectivity index (χ0n) is 29.5. The van der Waals surface area contributed by atoms with Crippen molar-refractivity contribution in [3.8, 4) is 0 Å². The van der Waals surface area contributed by atoms with Crippen LogP contribution in [0.15, 0.2) is 70.6 Å². The number of hydrogen-bond donors (Lipinski definition) is 3. The fourth-order valence-corrected chi connectivity index (χ4v) is 4.28. The number of nitrogens with zero attached hydrogens (tertiary/aromatic N) is 2. The Hall–Kier alpha value is -5.07. The highest BCUT2D eigenvalue weighted by atomic mass is 16.6. The van der Waals surface area contributed by atoms with Crippen LogP contribution in [0.4, 0.5) is 4.79 Å². The third-order valence-corrected chi connectivity index (χ3v) is 6.79. The molecule has 0 heterocycles. The van der Waals surface area contributed by atoms with Gasteiger partial charge in [0.05, 0.1) is 13.1 Å². The third-order valence-electron chi connectivity index (χ3n) is 6.79. The predicted octanol–water partition coefficient (Wildman–Crippen LogP) is 4.17. The van der Waals surface area contributed by atoms with E-state index in [4.69, 9.17) is 14.2 Å². The summed E-state index contributed by atoms with van der Waals surface area (Å²) in [6, 6.07) is 16.6. The van der Waals surface area contributed by atoms with Crippen molar-refractivity contribution in [1.29, 1.82) is 0 Å². The lowest BCUT2D eigenvalue weighted by molar-refractivity contribution is -0.145. The molecule has 0 spiro atoms. The van der Waals surface area contributed by atoms with Gasteiger partial charge in [0.1, 0.15) is 30.9 Å². The molecule has 0 fully saturated rings. The van der Waals surface area contributed by atoms with Crippen LogP contribution in [0.5, 0.6) is 0 Å². The Labute approximate surface area is 294 Å². The molecule has 0 aromatic heterocycles. The normalized spacial score (nSPS) is 12.6. The van der Waals surface area contributed by atoms with Gasteiger partial charge in [-0.2, -0.15) is 0 Å². The Morgan fingerprint density at radius 1 is 0.720 bits per heavy atom. The summed E-state index contributed by atoms with van der Waals surface area (Å²) in [5.41, 5.74) is 0.991. The molecule has 3 N–H and O–H groups in total. The van der Waals surface area contributed by atoms with Crippen LogP contribution in [-0.4, -0.2) is 92.8 Å². The molecule has 272 valence electrons. The first-order valence-electron chi connectivity index (χ1n) is 17.0. The van der Waals surface area contributed by atoms with Gasteiger partial charge in [0.15, 0.2) is 0 Å². The van der Waals surface area contributed by atoms with Crippen molar-refractivity contribution in [3.05, 3.63) is 71.8 Å². The van der Waals surface area contributed by atoms with Crippen molar-refractivity contribution in [1.82, 2.24) is 16.0 Å². The van der Waals surface area contributed by atoms with Crippen molar-refractivity contribution in [2.45, 2.75) is 83.9 Å². The van der Waals surface area contributed by atoms with Gasteiger partial charge < -0.3 is 30.2 Å². The van der Waals surface area contributed by atoms with Crippen LogP contribution in [0.1, 0.15) is 77.3 Å². The van der Waals surface area contributed by atoms with E-state index < -0.39 is 47.5 Å². The molecule has 2 aromatic rings. The average molecular weight is 694 g/mol. The van der Waals surface area contributed by atoms with Gasteiger partial charge in [0.2, 0.25) is 11.8 Å². The van der Waals surface area contributed by atoms with E-state index in [1.807, 2.05) is 67.6 Å². The van der Waals surface area contributed by atoms with Gasteiger partial charge in [0, 0.05) is 31.8 Å². The second-order valence-electron chi connectivity index (χ2n) is 12.3. The monoisotopic (exact) mass is 693 g/mol. The van der Waals surface area contributed by atoms with Gasteiger partial charge >= 0.3 is 18.0 Å². The summed E-state index contributed by atoms with van der Waals surface area (Å²) >= 11 is 0. The van der Waals surface area contributed by atoms with Crippen LogP contribution in [0.25, 0.3) is 0 Å². The van der Waals surface area contributed by atoms with E-state index >= 15 is 0 Å². The van der Waals surface area contributed by atoms with Crippen LogP contribution < -0.4 is 16.0 Å². The first-order valence-corrected chi connectivity index (χ1v) is 17.0. The van der Waals surface area contributed by atoms with Crippen LogP contribution in [0.3, 0.4) is 0 Å². The van der Waals surface area contributed by atoms with Gasteiger partial charge in [-0.1, -0.05) is 74.0 Å². The summed E-state index contributed by atoms with van der Waals surface area (Å²) in [4.78, 5) is 72.6. The second-order valence-corrected chi connectivity index (χ2v) is 12.3. The summed E-state index contributed by atoms with van der Waals surface area (Å²) in [7, 11) is 0. The average Bonchev–Trinajstić information content (AvgIpc) is 3.08. The zero-order chi connectivity index (χ0) is 36.6. The number of alkyl carbamates (subject to hydrolysis) is 1. The van der Waals surface area contributed by atoms with E-state index in [0.29, 0.717) is 6.54 Å². The number of amides is 3. The Morgan fingerprint density at radius 2 is 1.20 bits per heavy atom. The Balaban J connectivity index is 1.98. The number of carbonyl (C=O) groups excluding carboxylic acids is 5. The summed E-state index contributed by atoms with van der Waals surface area (Å²) in [5.74, 6) is -2.36. The van der Waals surface area contributed by atoms with E-state index in [1.54, 1.807) is 33.2 Å². The molecular formula is C37H51N5O8. The van der Waals surface area contributed by atoms with Crippen molar-refractivity contribution < 1.29 is 38.2 Å². The molecule has 0 saturated heterocycles.